The van der Waals surface area contributed by atoms with Crippen LogP contribution in [0, 0.1) is 3.57 Å². The monoisotopic (exact) mass is 369 g/mol. The van der Waals surface area contributed by atoms with Crippen molar-refractivity contribution in [2.45, 2.75) is 18.2 Å². The molecule has 1 aromatic carbocycles. The van der Waals surface area contributed by atoms with Gasteiger partial charge in [-0.2, -0.15) is 0 Å². The average Bonchev–Trinajstić information content (AvgIpc) is 2.26. The first-order valence-corrected chi connectivity index (χ1v) is 7.47. The third-order valence-corrected chi connectivity index (χ3v) is 4.42. The molecule has 94 valence electrons. The summed E-state index contributed by atoms with van der Waals surface area (Å²) >= 11 is 1.85. The number of aromatic carboxylic acids is 1. The molecule has 17 heavy (non-hydrogen) atoms. The fraction of sp³-hybridized carbons (Fsp3) is 0.300. The Labute approximate surface area is 113 Å². The van der Waals surface area contributed by atoms with Crippen LogP contribution >= 0.6 is 22.6 Å². The Morgan fingerprint density at radius 2 is 2.12 bits per heavy atom. The van der Waals surface area contributed by atoms with Gasteiger partial charge in [-0.15, -0.1) is 0 Å². The summed E-state index contributed by atoms with van der Waals surface area (Å²) in [5.41, 5.74) is -0.00928. The molecular formula is C10H12INO4S. The van der Waals surface area contributed by atoms with E-state index in [9.17, 15) is 13.2 Å². The molecule has 0 bridgehead atoms. The highest BCUT2D eigenvalue weighted by Gasteiger charge is 2.17. The number of rotatable bonds is 5. The van der Waals surface area contributed by atoms with Crippen LogP contribution in [-0.4, -0.2) is 26.0 Å². The predicted octanol–water partition coefficient (Wildman–Crippen LogP) is 1.68. The smallest absolute Gasteiger partial charge is 0.336 e. The summed E-state index contributed by atoms with van der Waals surface area (Å²) in [5, 5.41) is 8.91. The Hall–Kier alpha value is -0.670. The van der Waals surface area contributed by atoms with E-state index < -0.39 is 16.0 Å². The molecular weight excluding hydrogens is 357 g/mol. The van der Waals surface area contributed by atoms with Crippen molar-refractivity contribution in [3.05, 3.63) is 27.3 Å². The molecule has 0 radical (unpaired) electrons. The summed E-state index contributed by atoms with van der Waals surface area (Å²) < 4.78 is 26.4. The van der Waals surface area contributed by atoms with Gasteiger partial charge in [-0.25, -0.2) is 17.9 Å². The highest BCUT2D eigenvalue weighted by Crippen LogP contribution is 2.17. The van der Waals surface area contributed by atoms with Crippen molar-refractivity contribution in [2.24, 2.45) is 0 Å². The van der Waals surface area contributed by atoms with E-state index in [0.29, 0.717) is 16.5 Å². The van der Waals surface area contributed by atoms with Crippen molar-refractivity contribution in [1.82, 2.24) is 4.72 Å². The van der Waals surface area contributed by atoms with E-state index in [4.69, 9.17) is 5.11 Å². The number of carboxylic acid groups (broad SMARTS) is 1. The van der Waals surface area contributed by atoms with Gasteiger partial charge in [-0.1, -0.05) is 6.92 Å². The third-order valence-electron chi connectivity index (χ3n) is 2.02. The second-order valence-corrected chi connectivity index (χ2v) is 6.27. The maximum atomic E-state index is 11.8. The first-order chi connectivity index (χ1) is 7.88. The molecule has 7 heteroatoms. The van der Waals surface area contributed by atoms with Gasteiger partial charge in [-0.05, 0) is 47.2 Å². The van der Waals surface area contributed by atoms with Crippen molar-refractivity contribution in [3.8, 4) is 0 Å². The topological polar surface area (TPSA) is 83.5 Å². The Morgan fingerprint density at radius 1 is 1.47 bits per heavy atom. The van der Waals surface area contributed by atoms with Gasteiger partial charge in [0.2, 0.25) is 10.0 Å². The lowest BCUT2D eigenvalue weighted by Gasteiger charge is -2.07. The van der Waals surface area contributed by atoms with Crippen LogP contribution < -0.4 is 4.72 Å². The lowest BCUT2D eigenvalue weighted by molar-refractivity contribution is 0.0695. The van der Waals surface area contributed by atoms with Crippen LogP contribution in [0.1, 0.15) is 23.7 Å². The molecule has 0 atom stereocenters. The normalized spacial score (nSPS) is 11.4. The summed E-state index contributed by atoms with van der Waals surface area (Å²) in [6.07, 6.45) is 0.676. The Morgan fingerprint density at radius 3 is 2.65 bits per heavy atom. The van der Waals surface area contributed by atoms with Gasteiger partial charge in [-0.3, -0.25) is 0 Å². The minimum atomic E-state index is -3.61. The maximum Gasteiger partial charge on any atom is 0.336 e. The first kappa shape index (κ1) is 14.4. The van der Waals surface area contributed by atoms with Gasteiger partial charge < -0.3 is 5.11 Å². The number of hydrogen-bond donors (Lipinski definition) is 2. The van der Waals surface area contributed by atoms with E-state index in [1.165, 1.54) is 18.2 Å². The molecule has 0 aliphatic heterocycles. The van der Waals surface area contributed by atoms with Gasteiger partial charge in [0, 0.05) is 10.1 Å². The number of hydrogen-bond acceptors (Lipinski definition) is 3. The zero-order valence-electron chi connectivity index (χ0n) is 9.10. The number of carboxylic acids is 1. The Balaban J connectivity index is 3.16. The van der Waals surface area contributed by atoms with E-state index in [1.54, 1.807) is 0 Å². The van der Waals surface area contributed by atoms with Gasteiger partial charge in [0.25, 0.3) is 0 Å². The summed E-state index contributed by atoms with van der Waals surface area (Å²) in [4.78, 5) is 10.9. The lowest BCUT2D eigenvalue weighted by Crippen LogP contribution is -2.24. The van der Waals surface area contributed by atoms with Crippen LogP contribution in [0.4, 0.5) is 0 Å². The molecule has 0 fully saturated rings. The molecule has 1 aromatic rings. The molecule has 0 saturated carbocycles. The average molecular weight is 369 g/mol. The number of benzene rings is 1. The molecule has 0 aliphatic carbocycles. The minimum absolute atomic E-state index is 0.00928. The van der Waals surface area contributed by atoms with Crippen LogP contribution in [-0.2, 0) is 10.0 Å². The zero-order chi connectivity index (χ0) is 13.1. The van der Waals surface area contributed by atoms with Gasteiger partial charge in [0.1, 0.15) is 0 Å². The minimum Gasteiger partial charge on any atom is -0.478 e. The molecule has 0 heterocycles. The molecule has 2 N–H and O–H groups in total. The first-order valence-electron chi connectivity index (χ1n) is 4.91. The number of carbonyl (C=O) groups is 1. The molecule has 0 saturated heterocycles. The van der Waals surface area contributed by atoms with Crippen molar-refractivity contribution >= 4 is 38.6 Å². The van der Waals surface area contributed by atoms with Crippen molar-refractivity contribution in [3.63, 3.8) is 0 Å². The van der Waals surface area contributed by atoms with Crippen molar-refractivity contribution in [1.29, 1.82) is 0 Å². The molecule has 0 aliphatic rings. The summed E-state index contributed by atoms with van der Waals surface area (Å²) in [6, 6.07) is 4.04. The molecule has 5 nitrogen and oxygen atoms in total. The van der Waals surface area contributed by atoms with E-state index >= 15 is 0 Å². The second kappa shape index (κ2) is 5.78. The Kier molecular flexibility index (Phi) is 4.90. The molecule has 1 rings (SSSR count). The fourth-order valence-electron chi connectivity index (χ4n) is 1.16. The van der Waals surface area contributed by atoms with Crippen molar-refractivity contribution in [2.75, 3.05) is 6.54 Å². The van der Waals surface area contributed by atoms with Gasteiger partial charge in [0.15, 0.2) is 0 Å². The summed E-state index contributed by atoms with van der Waals surface area (Å²) in [5.74, 6) is -1.14. The second-order valence-electron chi connectivity index (χ2n) is 3.34. The fourth-order valence-corrected chi connectivity index (χ4v) is 2.88. The largest absolute Gasteiger partial charge is 0.478 e. The van der Waals surface area contributed by atoms with Crippen LogP contribution in [0.2, 0.25) is 0 Å². The Bertz CT molecular complexity index is 527. The SMILES string of the molecule is CCCNS(=O)(=O)c1ccc(I)c(C(=O)O)c1. The number of halogens is 1. The number of sulfonamides is 1. The van der Waals surface area contributed by atoms with Gasteiger partial charge >= 0.3 is 5.97 Å². The van der Waals surface area contributed by atoms with E-state index in [-0.39, 0.29) is 10.5 Å². The quantitative estimate of drug-likeness (QED) is 0.774. The van der Waals surface area contributed by atoms with Crippen molar-refractivity contribution < 1.29 is 18.3 Å². The highest BCUT2D eigenvalue weighted by molar-refractivity contribution is 14.1. The van der Waals surface area contributed by atoms with Crippen LogP contribution in [0.3, 0.4) is 0 Å². The van der Waals surface area contributed by atoms with Crippen LogP contribution in [0.15, 0.2) is 23.1 Å². The molecule has 0 amide bonds. The summed E-state index contributed by atoms with van der Waals surface area (Å²) in [6.45, 7) is 2.18. The lowest BCUT2D eigenvalue weighted by atomic mass is 10.2. The molecule has 0 spiro atoms. The van der Waals surface area contributed by atoms with Crippen LogP contribution in [0.5, 0.6) is 0 Å². The predicted molar refractivity (Wildman–Crippen MR) is 71.6 cm³/mol. The zero-order valence-corrected chi connectivity index (χ0v) is 12.1. The third kappa shape index (κ3) is 3.65. The van der Waals surface area contributed by atoms with E-state index in [2.05, 4.69) is 4.72 Å². The van der Waals surface area contributed by atoms with E-state index in [0.717, 1.165) is 0 Å². The maximum absolute atomic E-state index is 11.8. The van der Waals surface area contributed by atoms with Gasteiger partial charge in [0.05, 0.1) is 10.5 Å². The standard InChI is InChI=1S/C10H12INO4S/c1-2-5-12-17(15,16)7-3-4-9(11)8(6-7)10(13)14/h3-4,6,12H,2,5H2,1H3,(H,13,14). The van der Waals surface area contributed by atoms with E-state index in [1.807, 2.05) is 29.5 Å². The summed E-state index contributed by atoms with van der Waals surface area (Å²) in [7, 11) is -3.61. The molecule has 0 aromatic heterocycles. The molecule has 0 unspecified atom stereocenters. The van der Waals surface area contributed by atoms with Crippen LogP contribution in [0.25, 0.3) is 0 Å². The highest BCUT2D eigenvalue weighted by atomic mass is 127. The number of nitrogens with one attached hydrogen (secondary N) is 1.